The number of phenols is 1. The van der Waals surface area contributed by atoms with E-state index in [2.05, 4.69) is 5.32 Å². The van der Waals surface area contributed by atoms with Gasteiger partial charge in [-0.05, 0) is 44.0 Å². The van der Waals surface area contributed by atoms with Crippen molar-refractivity contribution in [3.8, 4) is 17.6 Å². The van der Waals surface area contributed by atoms with Crippen LogP contribution in [0.2, 0.25) is 0 Å². The fourth-order valence-electron chi connectivity index (χ4n) is 1.82. The maximum Gasteiger partial charge on any atom is 0.261 e. The summed E-state index contributed by atoms with van der Waals surface area (Å²) < 4.78 is 10.5. The van der Waals surface area contributed by atoms with E-state index in [9.17, 15) is 9.90 Å². The summed E-state index contributed by atoms with van der Waals surface area (Å²) in [6.45, 7) is 5.77. The van der Waals surface area contributed by atoms with Gasteiger partial charge in [-0.3, -0.25) is 4.79 Å². The van der Waals surface area contributed by atoms with Crippen molar-refractivity contribution < 1.29 is 19.4 Å². The van der Waals surface area contributed by atoms with E-state index in [-0.39, 0.29) is 11.3 Å². The number of phenolic OH excluding ortho intramolecular Hbond substituents is 1. The first-order valence-electron chi connectivity index (χ1n) is 7.55. The Kier molecular flexibility index (Phi) is 8.25. The smallest absolute Gasteiger partial charge is 0.261 e. The van der Waals surface area contributed by atoms with E-state index in [1.54, 1.807) is 19.1 Å². The standard InChI is InChI=1S/C17H22N2O4/c1-3-22-9-5-8-19-17(21)14(12-18)10-13-6-7-15(20)16(11-13)23-4-2/h6-7,10-11,20H,3-5,8-9H2,1-2H3,(H,19,21)/b14-10+. The van der Waals surface area contributed by atoms with Crippen molar-refractivity contribution in [3.63, 3.8) is 0 Å². The molecule has 1 rings (SSSR count). The molecule has 0 spiro atoms. The SMILES string of the molecule is CCOCCCNC(=O)/C(C#N)=C/c1ccc(O)c(OCC)c1. The minimum absolute atomic E-state index is 0.00505. The van der Waals surface area contributed by atoms with Crippen LogP contribution in [0.3, 0.4) is 0 Å². The molecule has 0 heterocycles. The number of nitrogens with one attached hydrogen (secondary N) is 1. The Morgan fingerprint density at radius 3 is 2.83 bits per heavy atom. The van der Waals surface area contributed by atoms with Crippen molar-refractivity contribution in [2.45, 2.75) is 20.3 Å². The third kappa shape index (κ3) is 6.41. The van der Waals surface area contributed by atoms with Gasteiger partial charge in [-0.2, -0.15) is 5.26 Å². The van der Waals surface area contributed by atoms with E-state index in [1.165, 1.54) is 12.1 Å². The van der Waals surface area contributed by atoms with E-state index >= 15 is 0 Å². The summed E-state index contributed by atoms with van der Waals surface area (Å²) in [5.41, 5.74) is 0.599. The summed E-state index contributed by atoms with van der Waals surface area (Å²) >= 11 is 0. The van der Waals surface area contributed by atoms with Gasteiger partial charge in [0.1, 0.15) is 11.6 Å². The maximum absolute atomic E-state index is 12.0. The molecule has 1 amide bonds. The predicted molar refractivity (Wildman–Crippen MR) is 87.0 cm³/mol. The highest BCUT2D eigenvalue weighted by Crippen LogP contribution is 2.27. The zero-order valence-electron chi connectivity index (χ0n) is 13.5. The molecule has 0 aliphatic carbocycles. The number of carbonyl (C=O) groups is 1. The second-order valence-electron chi connectivity index (χ2n) is 4.64. The number of nitriles is 1. The highest BCUT2D eigenvalue weighted by molar-refractivity contribution is 6.01. The number of hydrogen-bond donors (Lipinski definition) is 2. The summed E-state index contributed by atoms with van der Waals surface area (Å²) in [6, 6.07) is 6.54. The molecule has 0 saturated heterocycles. The van der Waals surface area contributed by atoms with E-state index in [1.807, 2.05) is 13.0 Å². The molecule has 0 saturated carbocycles. The summed E-state index contributed by atoms with van der Waals surface area (Å²) in [5, 5.41) is 21.5. The zero-order valence-corrected chi connectivity index (χ0v) is 13.5. The lowest BCUT2D eigenvalue weighted by molar-refractivity contribution is -0.117. The molecule has 0 atom stereocenters. The second kappa shape index (κ2) is 10.2. The van der Waals surface area contributed by atoms with Crippen LogP contribution < -0.4 is 10.1 Å². The van der Waals surface area contributed by atoms with Gasteiger partial charge in [-0.1, -0.05) is 6.07 Å². The molecule has 0 radical (unpaired) electrons. The number of ether oxygens (including phenoxy) is 2. The molecule has 6 heteroatoms. The van der Waals surface area contributed by atoms with Gasteiger partial charge in [0.25, 0.3) is 5.91 Å². The molecule has 0 unspecified atom stereocenters. The van der Waals surface area contributed by atoms with Gasteiger partial charge >= 0.3 is 0 Å². The Morgan fingerprint density at radius 2 is 2.17 bits per heavy atom. The molecular formula is C17H22N2O4. The van der Waals surface area contributed by atoms with E-state index in [4.69, 9.17) is 14.7 Å². The average Bonchev–Trinajstić information content (AvgIpc) is 2.55. The molecule has 2 N–H and O–H groups in total. The number of benzene rings is 1. The highest BCUT2D eigenvalue weighted by Gasteiger charge is 2.09. The van der Waals surface area contributed by atoms with Crippen molar-refractivity contribution in [2.75, 3.05) is 26.4 Å². The zero-order chi connectivity index (χ0) is 17.1. The molecule has 6 nitrogen and oxygen atoms in total. The van der Waals surface area contributed by atoms with Gasteiger partial charge in [0.2, 0.25) is 0 Å². The number of aromatic hydroxyl groups is 1. The summed E-state index contributed by atoms with van der Waals surface area (Å²) in [5.74, 6) is -0.103. The van der Waals surface area contributed by atoms with Gasteiger partial charge in [-0.15, -0.1) is 0 Å². The minimum Gasteiger partial charge on any atom is -0.504 e. The van der Waals surface area contributed by atoms with Crippen molar-refractivity contribution in [2.24, 2.45) is 0 Å². The lowest BCUT2D eigenvalue weighted by atomic mass is 10.1. The topological polar surface area (TPSA) is 91.6 Å². The Bertz CT molecular complexity index is 591. The van der Waals surface area contributed by atoms with Crippen LogP contribution in [-0.4, -0.2) is 37.4 Å². The number of nitrogens with zero attached hydrogens (tertiary/aromatic N) is 1. The molecule has 0 bridgehead atoms. The first-order chi connectivity index (χ1) is 11.1. The van der Waals surface area contributed by atoms with Crippen LogP contribution in [0.1, 0.15) is 25.8 Å². The monoisotopic (exact) mass is 318 g/mol. The Morgan fingerprint density at radius 1 is 1.39 bits per heavy atom. The highest BCUT2D eigenvalue weighted by atomic mass is 16.5. The van der Waals surface area contributed by atoms with Gasteiger partial charge in [-0.25, -0.2) is 0 Å². The maximum atomic E-state index is 12.0. The van der Waals surface area contributed by atoms with Crippen LogP contribution in [0, 0.1) is 11.3 Å². The second-order valence-corrected chi connectivity index (χ2v) is 4.64. The molecule has 1 aromatic carbocycles. The normalized spacial score (nSPS) is 10.9. The summed E-state index contributed by atoms with van der Waals surface area (Å²) in [4.78, 5) is 12.0. The lowest BCUT2D eigenvalue weighted by Crippen LogP contribution is -2.26. The van der Waals surface area contributed by atoms with Gasteiger partial charge in [0.05, 0.1) is 6.61 Å². The third-order valence-electron chi connectivity index (χ3n) is 2.91. The van der Waals surface area contributed by atoms with E-state index in [0.717, 1.165) is 0 Å². The number of carbonyl (C=O) groups excluding carboxylic acids is 1. The summed E-state index contributed by atoms with van der Waals surface area (Å²) in [7, 11) is 0. The molecule has 0 aliphatic rings. The largest absolute Gasteiger partial charge is 0.504 e. The van der Waals surface area contributed by atoms with Crippen molar-refractivity contribution >= 4 is 12.0 Å². The molecular weight excluding hydrogens is 296 g/mol. The fourth-order valence-corrected chi connectivity index (χ4v) is 1.82. The average molecular weight is 318 g/mol. The van der Waals surface area contributed by atoms with Crippen LogP contribution in [0.4, 0.5) is 0 Å². The Balaban J connectivity index is 2.73. The number of rotatable bonds is 9. The van der Waals surface area contributed by atoms with Crippen molar-refractivity contribution in [1.82, 2.24) is 5.32 Å². The summed E-state index contributed by atoms with van der Waals surface area (Å²) in [6.07, 6.45) is 2.14. The quantitative estimate of drug-likeness (QED) is 0.414. The molecule has 23 heavy (non-hydrogen) atoms. The number of amides is 1. The van der Waals surface area contributed by atoms with Gasteiger partial charge < -0.3 is 19.9 Å². The van der Waals surface area contributed by atoms with Crippen LogP contribution in [0.25, 0.3) is 6.08 Å². The lowest BCUT2D eigenvalue weighted by Gasteiger charge is -2.07. The van der Waals surface area contributed by atoms with E-state index < -0.39 is 5.91 Å². The van der Waals surface area contributed by atoms with Gasteiger partial charge in [0.15, 0.2) is 11.5 Å². The van der Waals surface area contributed by atoms with Crippen LogP contribution >= 0.6 is 0 Å². The minimum atomic E-state index is -0.435. The molecule has 1 aromatic rings. The van der Waals surface area contributed by atoms with Crippen LogP contribution in [0.5, 0.6) is 11.5 Å². The first kappa shape index (κ1) is 18.5. The molecule has 124 valence electrons. The first-order valence-corrected chi connectivity index (χ1v) is 7.55. The van der Waals surface area contributed by atoms with E-state index in [0.29, 0.717) is 44.1 Å². The van der Waals surface area contributed by atoms with Gasteiger partial charge in [0, 0.05) is 19.8 Å². The fraction of sp³-hybridized carbons (Fsp3) is 0.412. The molecule has 0 fully saturated rings. The predicted octanol–water partition coefficient (Wildman–Crippen LogP) is 2.24. The van der Waals surface area contributed by atoms with Crippen molar-refractivity contribution in [1.29, 1.82) is 5.26 Å². The Hall–Kier alpha value is -2.52. The van der Waals surface area contributed by atoms with Crippen LogP contribution in [0.15, 0.2) is 23.8 Å². The molecule has 0 aliphatic heterocycles. The third-order valence-corrected chi connectivity index (χ3v) is 2.91. The Labute approximate surface area is 136 Å². The van der Waals surface area contributed by atoms with Crippen LogP contribution in [-0.2, 0) is 9.53 Å². The van der Waals surface area contributed by atoms with Crippen molar-refractivity contribution in [3.05, 3.63) is 29.3 Å². The molecule has 0 aromatic heterocycles. The number of hydrogen-bond acceptors (Lipinski definition) is 5.